The predicted molar refractivity (Wildman–Crippen MR) is 187 cm³/mol. The van der Waals surface area contributed by atoms with Crippen LogP contribution in [0.3, 0.4) is 0 Å². The van der Waals surface area contributed by atoms with E-state index >= 15 is 0 Å². The van der Waals surface area contributed by atoms with Crippen LogP contribution >= 0.6 is 0 Å². The zero-order valence-electron chi connectivity index (χ0n) is 26.8. The van der Waals surface area contributed by atoms with Crippen LogP contribution in [-0.2, 0) is 12.0 Å². The lowest BCUT2D eigenvalue weighted by Gasteiger charge is -2.34. The number of aryl methyl sites for hydroxylation is 1. The van der Waals surface area contributed by atoms with Gasteiger partial charge in [-0.2, -0.15) is 0 Å². The van der Waals surface area contributed by atoms with Crippen molar-refractivity contribution in [1.82, 2.24) is 30.1 Å². The second-order valence-corrected chi connectivity index (χ2v) is 12.6. The molecule has 4 heterocycles. The largest absolute Gasteiger partial charge is 0.339 e. The Bertz CT molecular complexity index is 1910. The SMILES string of the molecule is O=C(c1cnc2c(c1)CCCN2c1ccc(-c2nnn(C(c3ccccc3)(c3ccccc3)c3ccccc3)n2)cc1)N1CCCCC1. The van der Waals surface area contributed by atoms with Gasteiger partial charge >= 0.3 is 0 Å². The summed E-state index contributed by atoms with van der Waals surface area (Å²) in [6.45, 7) is 2.53. The number of tetrazole rings is 1. The molecule has 0 aliphatic carbocycles. The second-order valence-electron chi connectivity index (χ2n) is 12.6. The predicted octanol–water partition coefficient (Wildman–Crippen LogP) is 7.29. The van der Waals surface area contributed by atoms with E-state index in [1.54, 1.807) is 11.0 Å². The first kappa shape index (κ1) is 29.8. The summed E-state index contributed by atoms with van der Waals surface area (Å²) in [5.41, 5.74) is 6.03. The van der Waals surface area contributed by atoms with Crippen molar-refractivity contribution in [1.29, 1.82) is 0 Å². The van der Waals surface area contributed by atoms with E-state index in [1.807, 2.05) is 59.5 Å². The summed E-state index contributed by atoms with van der Waals surface area (Å²) in [6, 6.07) is 41.4. The number of rotatable bonds is 7. The Balaban J connectivity index is 1.12. The number of anilines is 2. The van der Waals surface area contributed by atoms with Gasteiger partial charge in [-0.1, -0.05) is 91.0 Å². The number of fused-ring (bicyclic) bond motifs is 1. The van der Waals surface area contributed by atoms with Crippen LogP contribution in [0.4, 0.5) is 11.5 Å². The Labute approximate surface area is 280 Å². The van der Waals surface area contributed by atoms with E-state index in [4.69, 9.17) is 15.3 Å². The molecule has 0 bridgehead atoms. The minimum absolute atomic E-state index is 0.0998. The number of likely N-dealkylation sites (tertiary alicyclic amines) is 1. The molecular formula is C40H37N7O. The summed E-state index contributed by atoms with van der Waals surface area (Å²) in [4.78, 5) is 24.0. The minimum Gasteiger partial charge on any atom is -0.339 e. The maximum absolute atomic E-state index is 13.2. The maximum atomic E-state index is 13.2. The lowest BCUT2D eigenvalue weighted by Crippen LogP contribution is -2.39. The van der Waals surface area contributed by atoms with E-state index in [9.17, 15) is 4.79 Å². The molecule has 8 nitrogen and oxygen atoms in total. The van der Waals surface area contributed by atoms with Crippen molar-refractivity contribution >= 4 is 17.4 Å². The Kier molecular flexibility index (Phi) is 7.98. The fraction of sp³-hybridized carbons (Fsp3) is 0.225. The third-order valence-electron chi connectivity index (χ3n) is 9.64. The van der Waals surface area contributed by atoms with Crippen LogP contribution in [0.25, 0.3) is 11.4 Å². The van der Waals surface area contributed by atoms with Crippen LogP contribution in [0.5, 0.6) is 0 Å². The molecule has 1 saturated heterocycles. The number of piperidine rings is 1. The molecule has 2 aromatic heterocycles. The van der Waals surface area contributed by atoms with E-state index in [1.165, 1.54) is 6.42 Å². The fourth-order valence-electron chi connectivity index (χ4n) is 7.26. The molecule has 0 N–H and O–H groups in total. The molecule has 1 fully saturated rings. The first-order valence-corrected chi connectivity index (χ1v) is 16.8. The van der Waals surface area contributed by atoms with Crippen molar-refractivity contribution in [2.45, 2.75) is 37.6 Å². The molecule has 0 spiro atoms. The number of hydrogen-bond acceptors (Lipinski definition) is 6. The highest BCUT2D eigenvalue weighted by Crippen LogP contribution is 2.40. The van der Waals surface area contributed by atoms with Crippen molar-refractivity contribution in [3.63, 3.8) is 0 Å². The van der Waals surface area contributed by atoms with Gasteiger partial charge in [0.25, 0.3) is 5.91 Å². The number of carbonyl (C=O) groups is 1. The standard InChI is InChI=1S/C40H37N7O/c48-39(45-25-11-4-12-26-45)32-28-31-14-13-27-46(38(31)41-29-32)36-23-21-30(22-24-36)37-42-44-47(43-37)40(33-15-5-1-6-16-33,34-17-7-2-8-18-34)35-19-9-3-10-20-35/h1-3,5-10,15-24,28-29H,4,11-14,25-27H2. The Hall–Kier alpha value is -5.63. The van der Waals surface area contributed by atoms with Gasteiger partial charge in [0.2, 0.25) is 5.82 Å². The highest BCUT2D eigenvalue weighted by molar-refractivity contribution is 5.94. The maximum Gasteiger partial charge on any atom is 0.255 e. The molecule has 0 radical (unpaired) electrons. The topological polar surface area (TPSA) is 80.0 Å². The molecular weight excluding hydrogens is 594 g/mol. The normalized spacial score (nSPS) is 14.8. The quantitative estimate of drug-likeness (QED) is 0.172. The summed E-state index contributed by atoms with van der Waals surface area (Å²) >= 11 is 0. The zero-order chi connectivity index (χ0) is 32.3. The molecule has 48 heavy (non-hydrogen) atoms. The van der Waals surface area contributed by atoms with Gasteiger partial charge in [-0.05, 0) is 89.9 Å². The number of carbonyl (C=O) groups excluding carboxylic acids is 1. The van der Waals surface area contributed by atoms with E-state index in [0.717, 1.165) is 84.6 Å². The smallest absolute Gasteiger partial charge is 0.255 e. The summed E-state index contributed by atoms with van der Waals surface area (Å²) in [5.74, 6) is 1.57. The molecule has 8 heteroatoms. The summed E-state index contributed by atoms with van der Waals surface area (Å²) in [5, 5.41) is 14.4. The number of pyridine rings is 1. The lowest BCUT2D eigenvalue weighted by molar-refractivity contribution is 0.0724. The Morgan fingerprint density at radius 2 is 1.27 bits per heavy atom. The number of amides is 1. The summed E-state index contributed by atoms with van der Waals surface area (Å²) in [6.07, 6.45) is 7.01. The second kappa shape index (κ2) is 12.9. The number of hydrogen-bond donors (Lipinski definition) is 0. The average molecular weight is 632 g/mol. The fourth-order valence-corrected chi connectivity index (χ4v) is 7.26. The zero-order valence-corrected chi connectivity index (χ0v) is 26.8. The first-order chi connectivity index (χ1) is 23.7. The van der Waals surface area contributed by atoms with Gasteiger partial charge in [-0.25, -0.2) is 4.98 Å². The summed E-state index contributed by atoms with van der Waals surface area (Å²) in [7, 11) is 0. The van der Waals surface area contributed by atoms with Gasteiger partial charge in [0.1, 0.15) is 5.82 Å². The van der Waals surface area contributed by atoms with Gasteiger partial charge in [0, 0.05) is 37.1 Å². The van der Waals surface area contributed by atoms with E-state index in [2.05, 4.69) is 76.7 Å². The molecule has 8 rings (SSSR count). The Morgan fingerprint density at radius 3 is 1.88 bits per heavy atom. The molecule has 2 aliphatic rings. The van der Waals surface area contributed by atoms with Crippen LogP contribution in [0.2, 0.25) is 0 Å². The third kappa shape index (κ3) is 5.33. The average Bonchev–Trinajstić information content (AvgIpc) is 3.67. The molecule has 0 saturated carbocycles. The molecule has 238 valence electrons. The van der Waals surface area contributed by atoms with E-state index in [0.29, 0.717) is 11.4 Å². The minimum atomic E-state index is -0.827. The number of aromatic nitrogens is 5. The van der Waals surface area contributed by atoms with Crippen LogP contribution < -0.4 is 4.90 Å². The highest BCUT2D eigenvalue weighted by Gasteiger charge is 2.41. The van der Waals surface area contributed by atoms with Gasteiger partial charge in [0.05, 0.1) is 5.56 Å². The number of nitrogens with zero attached hydrogens (tertiary/aromatic N) is 7. The van der Waals surface area contributed by atoms with Crippen LogP contribution in [0.15, 0.2) is 128 Å². The van der Waals surface area contributed by atoms with Crippen LogP contribution in [0, 0.1) is 0 Å². The molecule has 2 aliphatic heterocycles. The van der Waals surface area contributed by atoms with Crippen molar-refractivity contribution in [2.24, 2.45) is 0 Å². The first-order valence-electron chi connectivity index (χ1n) is 16.8. The van der Waals surface area contributed by atoms with E-state index < -0.39 is 5.54 Å². The molecule has 6 aromatic rings. The molecule has 0 atom stereocenters. The third-order valence-corrected chi connectivity index (χ3v) is 9.64. The lowest BCUT2D eigenvalue weighted by atomic mass is 9.77. The molecule has 0 unspecified atom stereocenters. The van der Waals surface area contributed by atoms with Gasteiger partial charge < -0.3 is 9.80 Å². The summed E-state index contributed by atoms with van der Waals surface area (Å²) < 4.78 is 0. The van der Waals surface area contributed by atoms with Gasteiger partial charge in [0.15, 0.2) is 5.54 Å². The monoisotopic (exact) mass is 631 g/mol. The van der Waals surface area contributed by atoms with Crippen LogP contribution in [-0.4, -0.2) is 55.6 Å². The Morgan fingerprint density at radius 1 is 0.667 bits per heavy atom. The van der Waals surface area contributed by atoms with Crippen molar-refractivity contribution < 1.29 is 4.79 Å². The van der Waals surface area contributed by atoms with Crippen molar-refractivity contribution in [2.75, 3.05) is 24.5 Å². The molecule has 4 aromatic carbocycles. The highest BCUT2D eigenvalue weighted by atomic mass is 16.2. The van der Waals surface area contributed by atoms with E-state index in [-0.39, 0.29) is 5.91 Å². The number of benzene rings is 4. The van der Waals surface area contributed by atoms with Gasteiger partial charge in [-0.15, -0.1) is 15.0 Å². The van der Waals surface area contributed by atoms with Crippen molar-refractivity contribution in [3.8, 4) is 11.4 Å². The molecule has 1 amide bonds. The van der Waals surface area contributed by atoms with Crippen molar-refractivity contribution in [3.05, 3.63) is 155 Å². The van der Waals surface area contributed by atoms with Gasteiger partial charge in [-0.3, -0.25) is 4.79 Å². The van der Waals surface area contributed by atoms with Crippen LogP contribution in [0.1, 0.15) is 58.3 Å².